The van der Waals surface area contributed by atoms with E-state index < -0.39 is 17.2 Å². The van der Waals surface area contributed by atoms with E-state index in [9.17, 15) is 9.59 Å². The minimum atomic E-state index is -0.913. The maximum atomic E-state index is 12.6. The Morgan fingerprint density at radius 1 is 1.22 bits per heavy atom. The number of hydrogen-bond acceptors (Lipinski definition) is 4. The van der Waals surface area contributed by atoms with Gasteiger partial charge >= 0.3 is 6.09 Å². The molecule has 1 aromatic rings. The minimum absolute atomic E-state index is 0.246. The highest BCUT2D eigenvalue weighted by molar-refractivity contribution is 5.90. The zero-order valence-electron chi connectivity index (χ0n) is 14.2. The minimum Gasteiger partial charge on any atom is -0.444 e. The Bertz CT molecular complexity index is 568. The molecule has 0 radical (unpaired) electrons. The normalized spacial score (nSPS) is 21.0. The predicted molar refractivity (Wildman–Crippen MR) is 88.8 cm³/mol. The second-order valence-corrected chi connectivity index (χ2v) is 6.95. The van der Waals surface area contributed by atoms with E-state index in [2.05, 4.69) is 10.9 Å². The topological polar surface area (TPSA) is 70.7 Å². The molecule has 1 aromatic carbocycles. The first-order valence-electron chi connectivity index (χ1n) is 7.84. The van der Waals surface area contributed by atoms with Gasteiger partial charge in [-0.1, -0.05) is 18.2 Å². The highest BCUT2D eigenvalue weighted by Crippen LogP contribution is 2.30. The van der Waals surface area contributed by atoms with Crippen molar-refractivity contribution >= 4 is 17.7 Å². The van der Waals surface area contributed by atoms with Gasteiger partial charge in [-0.05, 0) is 52.7 Å². The summed E-state index contributed by atoms with van der Waals surface area (Å²) in [5.41, 5.74) is 4.85. The number of ether oxygens (including phenoxy) is 1. The molecule has 1 aliphatic heterocycles. The van der Waals surface area contributed by atoms with E-state index in [1.807, 2.05) is 51.1 Å². The van der Waals surface area contributed by atoms with Gasteiger partial charge in [0.25, 0.3) is 5.91 Å². The van der Waals surface area contributed by atoms with Crippen LogP contribution in [0.25, 0.3) is 0 Å². The summed E-state index contributed by atoms with van der Waals surface area (Å²) in [5.74, 6) is -0.246. The summed E-state index contributed by atoms with van der Waals surface area (Å²) in [7, 11) is 0. The third-order valence-electron chi connectivity index (χ3n) is 3.84. The molecular weight excluding hydrogens is 294 g/mol. The molecule has 2 rings (SSSR count). The van der Waals surface area contributed by atoms with Gasteiger partial charge < -0.3 is 4.74 Å². The van der Waals surface area contributed by atoms with Crippen molar-refractivity contribution in [3.8, 4) is 0 Å². The molecule has 1 aliphatic rings. The number of hydrogen-bond donors (Lipinski definition) is 2. The fraction of sp³-hybridized carbons (Fsp3) is 0.529. The molecular formula is C17H25N3O3. The Balaban J connectivity index is 2.03. The van der Waals surface area contributed by atoms with E-state index in [0.717, 1.165) is 12.1 Å². The zero-order chi connectivity index (χ0) is 17.1. The fourth-order valence-corrected chi connectivity index (χ4v) is 2.59. The first-order valence-corrected chi connectivity index (χ1v) is 7.84. The fourth-order valence-electron chi connectivity index (χ4n) is 2.59. The third-order valence-corrected chi connectivity index (χ3v) is 3.84. The third kappa shape index (κ3) is 4.15. The van der Waals surface area contributed by atoms with E-state index in [1.165, 1.54) is 4.90 Å². The average Bonchev–Trinajstić information content (AvgIpc) is 2.87. The monoisotopic (exact) mass is 319 g/mol. The smallest absolute Gasteiger partial charge is 0.411 e. The summed E-state index contributed by atoms with van der Waals surface area (Å²) in [6.07, 6.45) is 0.927. The van der Waals surface area contributed by atoms with Crippen molar-refractivity contribution in [3.05, 3.63) is 30.3 Å². The van der Waals surface area contributed by atoms with Crippen LogP contribution in [-0.4, -0.2) is 34.6 Å². The molecule has 1 unspecified atom stereocenters. The summed E-state index contributed by atoms with van der Waals surface area (Å²) < 4.78 is 5.42. The average molecular weight is 319 g/mol. The molecule has 2 amide bonds. The summed E-state index contributed by atoms with van der Waals surface area (Å²) in [6, 6.07) is 9.35. The molecule has 0 aliphatic carbocycles. The van der Waals surface area contributed by atoms with Crippen LogP contribution in [0, 0.1) is 0 Å². The van der Waals surface area contributed by atoms with E-state index in [1.54, 1.807) is 6.92 Å². The lowest BCUT2D eigenvalue weighted by atomic mass is 9.98. The van der Waals surface area contributed by atoms with E-state index in [-0.39, 0.29) is 5.91 Å². The number of amides is 2. The maximum Gasteiger partial charge on any atom is 0.411 e. The van der Waals surface area contributed by atoms with Crippen molar-refractivity contribution < 1.29 is 14.3 Å². The van der Waals surface area contributed by atoms with Gasteiger partial charge in [0.15, 0.2) is 0 Å². The van der Waals surface area contributed by atoms with Gasteiger partial charge in [0, 0.05) is 6.54 Å². The van der Waals surface area contributed by atoms with Gasteiger partial charge in [0.05, 0.1) is 5.69 Å². The number of carbonyl (C=O) groups excluding carboxylic acids is 2. The molecule has 126 valence electrons. The summed E-state index contributed by atoms with van der Waals surface area (Å²) in [5, 5.41) is 0. The van der Waals surface area contributed by atoms with Gasteiger partial charge in [0.1, 0.15) is 11.1 Å². The van der Waals surface area contributed by atoms with Gasteiger partial charge in [0.2, 0.25) is 0 Å². The lowest BCUT2D eigenvalue weighted by Crippen LogP contribution is -2.57. The second kappa shape index (κ2) is 6.48. The van der Waals surface area contributed by atoms with Crippen LogP contribution < -0.4 is 10.9 Å². The van der Waals surface area contributed by atoms with Crippen LogP contribution in [0.2, 0.25) is 0 Å². The molecule has 6 nitrogen and oxygen atoms in total. The van der Waals surface area contributed by atoms with Gasteiger partial charge in [-0.3, -0.25) is 20.5 Å². The van der Waals surface area contributed by atoms with Crippen molar-refractivity contribution in [1.82, 2.24) is 10.3 Å². The van der Waals surface area contributed by atoms with Crippen LogP contribution in [0.3, 0.4) is 0 Å². The van der Waals surface area contributed by atoms with Crippen LogP contribution in [0.5, 0.6) is 0 Å². The highest BCUT2D eigenvalue weighted by atomic mass is 16.6. The second-order valence-electron chi connectivity index (χ2n) is 6.95. The van der Waals surface area contributed by atoms with Crippen molar-refractivity contribution in [3.63, 3.8) is 0 Å². The van der Waals surface area contributed by atoms with Crippen molar-refractivity contribution in [1.29, 1.82) is 0 Å². The Morgan fingerprint density at radius 2 is 1.87 bits per heavy atom. The number of rotatable bonds is 3. The Hall–Kier alpha value is -2.24. The van der Waals surface area contributed by atoms with E-state index in [4.69, 9.17) is 4.74 Å². The molecule has 2 N–H and O–H groups in total. The number of anilines is 1. The van der Waals surface area contributed by atoms with Gasteiger partial charge in [-0.2, -0.15) is 0 Å². The molecule has 1 saturated heterocycles. The molecule has 0 aromatic heterocycles. The maximum absolute atomic E-state index is 12.6. The molecule has 23 heavy (non-hydrogen) atoms. The van der Waals surface area contributed by atoms with E-state index >= 15 is 0 Å². The van der Waals surface area contributed by atoms with Crippen molar-refractivity contribution in [2.75, 3.05) is 12.0 Å². The number of hydrazine groups is 1. The standard InChI is InChI=1S/C17H25N3O3/c1-16(2,3)23-15(22)20-12-8-11-17(20,4)14(21)19-18-13-9-6-5-7-10-13/h5-7,9-10,18H,8,11-12H2,1-4H3,(H,19,21). The van der Waals surface area contributed by atoms with Gasteiger partial charge in [-0.15, -0.1) is 0 Å². The number of benzene rings is 1. The van der Waals surface area contributed by atoms with Crippen LogP contribution in [-0.2, 0) is 9.53 Å². The van der Waals surface area contributed by atoms with Crippen molar-refractivity contribution in [2.24, 2.45) is 0 Å². The molecule has 1 fully saturated rings. The molecule has 1 heterocycles. The largest absolute Gasteiger partial charge is 0.444 e. The number of nitrogens with one attached hydrogen (secondary N) is 2. The first kappa shape index (κ1) is 17.1. The van der Waals surface area contributed by atoms with E-state index in [0.29, 0.717) is 13.0 Å². The highest BCUT2D eigenvalue weighted by Gasteiger charge is 2.47. The summed E-state index contributed by atoms with van der Waals surface area (Å²) >= 11 is 0. The molecule has 0 bridgehead atoms. The summed E-state index contributed by atoms with van der Waals surface area (Å²) in [6.45, 7) is 7.73. The lowest BCUT2D eigenvalue weighted by Gasteiger charge is -2.35. The van der Waals surface area contributed by atoms with Crippen LogP contribution >= 0.6 is 0 Å². The molecule has 1 atom stereocenters. The molecule has 0 saturated carbocycles. The number of para-hydroxylation sites is 1. The Labute approximate surface area is 137 Å². The van der Waals surface area contributed by atoms with Crippen LogP contribution in [0.4, 0.5) is 10.5 Å². The van der Waals surface area contributed by atoms with Crippen LogP contribution in [0.15, 0.2) is 30.3 Å². The predicted octanol–water partition coefficient (Wildman–Crippen LogP) is 2.92. The SMILES string of the molecule is CC(C)(C)OC(=O)N1CCCC1(C)C(=O)NNc1ccccc1. The quantitative estimate of drug-likeness (QED) is 0.840. The Morgan fingerprint density at radius 3 is 2.48 bits per heavy atom. The number of nitrogens with zero attached hydrogens (tertiary/aromatic N) is 1. The first-order chi connectivity index (χ1) is 10.7. The Kier molecular flexibility index (Phi) is 4.82. The van der Waals surface area contributed by atoms with Gasteiger partial charge in [-0.25, -0.2) is 4.79 Å². The number of carbonyl (C=O) groups is 2. The van der Waals surface area contributed by atoms with Crippen molar-refractivity contribution in [2.45, 2.75) is 51.7 Å². The zero-order valence-corrected chi connectivity index (χ0v) is 14.2. The number of likely N-dealkylation sites (tertiary alicyclic amines) is 1. The summed E-state index contributed by atoms with van der Waals surface area (Å²) in [4.78, 5) is 26.5. The molecule has 6 heteroatoms. The lowest BCUT2D eigenvalue weighted by molar-refractivity contribution is -0.130. The molecule has 0 spiro atoms. The van der Waals surface area contributed by atoms with Crippen LogP contribution in [0.1, 0.15) is 40.5 Å².